The minimum absolute atomic E-state index is 0.0432. The van der Waals surface area contributed by atoms with Gasteiger partial charge >= 0.3 is 0 Å². The van der Waals surface area contributed by atoms with E-state index in [0.717, 1.165) is 28.3 Å². The molecule has 0 saturated heterocycles. The number of anilines is 1. The van der Waals surface area contributed by atoms with Gasteiger partial charge in [0.15, 0.2) is 0 Å². The topological polar surface area (TPSA) is 32.7 Å². The van der Waals surface area contributed by atoms with E-state index in [9.17, 15) is 4.79 Å². The second-order valence-corrected chi connectivity index (χ2v) is 5.88. The monoisotopic (exact) mass is 284 g/mol. The second-order valence-electron chi connectivity index (χ2n) is 4.77. The van der Waals surface area contributed by atoms with E-state index >= 15 is 0 Å². The van der Waals surface area contributed by atoms with Crippen LogP contribution in [0.1, 0.15) is 22.9 Å². The Balaban J connectivity index is 2.18. The van der Waals surface area contributed by atoms with Crippen molar-refractivity contribution in [3.05, 3.63) is 52.4 Å². The minimum Gasteiger partial charge on any atom is -0.305 e. The van der Waals surface area contributed by atoms with Gasteiger partial charge in [0.25, 0.3) is 0 Å². The number of fused-ring (bicyclic) bond motifs is 1. The van der Waals surface area contributed by atoms with Crippen LogP contribution in [-0.2, 0) is 11.2 Å². The number of carbonyl (C=O) groups is 1. The van der Waals surface area contributed by atoms with Crippen LogP contribution >= 0.6 is 11.3 Å². The molecular weight excluding hydrogens is 268 g/mol. The summed E-state index contributed by atoms with van der Waals surface area (Å²) in [5, 5.41) is 1.01. The molecule has 0 saturated carbocycles. The van der Waals surface area contributed by atoms with E-state index in [1.165, 1.54) is 4.88 Å². The van der Waals surface area contributed by atoms with E-state index in [0.29, 0.717) is 0 Å². The summed E-state index contributed by atoms with van der Waals surface area (Å²) in [4.78, 5) is 19.6. The number of likely N-dealkylation sites (N-methyl/N-ethyl adjacent to an activating group) is 1. The standard InChI is InChI=1S/C16H16N2OS/c1-3-12-9-13-15(11-7-5-4-6-8-11)17-10-14(19)18(2)16(13)20-12/h4-9H,3,10H2,1-2H3. The second kappa shape index (κ2) is 5.21. The summed E-state index contributed by atoms with van der Waals surface area (Å²) in [7, 11) is 1.83. The Bertz CT molecular complexity index is 673. The van der Waals surface area contributed by atoms with Crippen LogP contribution in [0.4, 0.5) is 5.00 Å². The molecule has 1 aromatic carbocycles. The lowest BCUT2D eigenvalue weighted by Gasteiger charge is -2.13. The van der Waals surface area contributed by atoms with Gasteiger partial charge in [-0.25, -0.2) is 0 Å². The van der Waals surface area contributed by atoms with Gasteiger partial charge in [-0.1, -0.05) is 37.3 Å². The maximum Gasteiger partial charge on any atom is 0.249 e. The highest BCUT2D eigenvalue weighted by molar-refractivity contribution is 7.16. The fraction of sp³-hybridized carbons (Fsp3) is 0.250. The Morgan fingerprint density at radius 2 is 2.05 bits per heavy atom. The number of hydrogen-bond donors (Lipinski definition) is 0. The van der Waals surface area contributed by atoms with Gasteiger partial charge in [0.05, 0.1) is 5.71 Å². The molecule has 0 N–H and O–H groups in total. The molecule has 0 aliphatic carbocycles. The summed E-state index contributed by atoms with van der Waals surface area (Å²) in [5.74, 6) is 0.0432. The summed E-state index contributed by atoms with van der Waals surface area (Å²) < 4.78 is 0. The number of carbonyl (C=O) groups excluding carboxylic acids is 1. The molecule has 20 heavy (non-hydrogen) atoms. The average Bonchev–Trinajstić information content (AvgIpc) is 2.87. The van der Waals surface area contributed by atoms with Gasteiger partial charge in [0.2, 0.25) is 5.91 Å². The highest BCUT2D eigenvalue weighted by atomic mass is 32.1. The number of aliphatic imine (C=N–C) groups is 1. The molecule has 2 heterocycles. The van der Waals surface area contributed by atoms with Crippen LogP contribution in [0.15, 0.2) is 41.4 Å². The Hall–Kier alpha value is -1.94. The highest BCUT2D eigenvalue weighted by Gasteiger charge is 2.24. The maximum atomic E-state index is 12.1. The SMILES string of the molecule is CCc1cc2c(s1)N(C)C(=O)CN=C2c1ccccc1. The molecule has 102 valence electrons. The summed E-state index contributed by atoms with van der Waals surface area (Å²) >= 11 is 1.68. The third-order valence-corrected chi connectivity index (χ3v) is 4.82. The smallest absolute Gasteiger partial charge is 0.249 e. The Morgan fingerprint density at radius 1 is 1.30 bits per heavy atom. The van der Waals surface area contributed by atoms with Gasteiger partial charge < -0.3 is 4.90 Å². The lowest BCUT2D eigenvalue weighted by atomic mass is 10.0. The van der Waals surface area contributed by atoms with Crippen LogP contribution in [0, 0.1) is 0 Å². The Kier molecular flexibility index (Phi) is 3.40. The molecule has 3 rings (SSSR count). The number of nitrogens with zero attached hydrogens (tertiary/aromatic N) is 2. The van der Waals surface area contributed by atoms with Crippen molar-refractivity contribution in [1.82, 2.24) is 0 Å². The van der Waals surface area contributed by atoms with E-state index < -0.39 is 0 Å². The first-order valence-electron chi connectivity index (χ1n) is 6.70. The maximum absolute atomic E-state index is 12.1. The van der Waals surface area contributed by atoms with Gasteiger partial charge in [0.1, 0.15) is 11.5 Å². The summed E-state index contributed by atoms with van der Waals surface area (Å²) in [6.45, 7) is 2.34. The van der Waals surface area contributed by atoms with Crippen LogP contribution in [0.25, 0.3) is 0 Å². The molecule has 0 unspecified atom stereocenters. The molecule has 2 aromatic rings. The van der Waals surface area contributed by atoms with Gasteiger partial charge in [-0.05, 0) is 12.5 Å². The van der Waals surface area contributed by atoms with Crippen LogP contribution < -0.4 is 4.90 Å². The van der Waals surface area contributed by atoms with Crippen molar-refractivity contribution < 1.29 is 4.79 Å². The Labute approximate surface area is 122 Å². The fourth-order valence-corrected chi connectivity index (χ4v) is 3.39. The molecule has 0 atom stereocenters. The van der Waals surface area contributed by atoms with Crippen molar-refractivity contribution in [2.75, 3.05) is 18.5 Å². The third kappa shape index (κ3) is 2.16. The largest absolute Gasteiger partial charge is 0.305 e. The lowest BCUT2D eigenvalue weighted by Crippen LogP contribution is -2.26. The quantitative estimate of drug-likeness (QED) is 0.834. The van der Waals surface area contributed by atoms with Crippen LogP contribution in [-0.4, -0.2) is 25.2 Å². The van der Waals surface area contributed by atoms with Crippen molar-refractivity contribution >= 4 is 28.0 Å². The van der Waals surface area contributed by atoms with Crippen molar-refractivity contribution in [1.29, 1.82) is 0 Å². The minimum atomic E-state index is 0.0432. The van der Waals surface area contributed by atoms with Crippen molar-refractivity contribution in [2.24, 2.45) is 4.99 Å². The van der Waals surface area contributed by atoms with Crippen LogP contribution in [0.5, 0.6) is 0 Å². The number of benzene rings is 1. The molecule has 1 amide bonds. The molecule has 1 aliphatic rings. The number of rotatable bonds is 2. The Morgan fingerprint density at radius 3 is 2.75 bits per heavy atom. The normalized spacial score (nSPS) is 14.8. The first-order valence-corrected chi connectivity index (χ1v) is 7.52. The van der Waals surface area contributed by atoms with Crippen molar-refractivity contribution in [2.45, 2.75) is 13.3 Å². The van der Waals surface area contributed by atoms with E-state index in [-0.39, 0.29) is 12.5 Å². The van der Waals surface area contributed by atoms with Gasteiger partial charge in [0, 0.05) is 23.1 Å². The number of hydrogen-bond acceptors (Lipinski definition) is 3. The predicted molar refractivity (Wildman–Crippen MR) is 84.1 cm³/mol. The zero-order valence-corrected chi connectivity index (χ0v) is 12.4. The molecule has 0 radical (unpaired) electrons. The number of aryl methyl sites for hydroxylation is 1. The van der Waals surface area contributed by atoms with E-state index in [1.807, 2.05) is 37.4 Å². The number of amides is 1. The molecule has 0 bridgehead atoms. The first-order chi connectivity index (χ1) is 9.70. The van der Waals surface area contributed by atoms with E-state index in [1.54, 1.807) is 16.2 Å². The van der Waals surface area contributed by atoms with Crippen molar-refractivity contribution in [3.63, 3.8) is 0 Å². The zero-order chi connectivity index (χ0) is 14.1. The van der Waals surface area contributed by atoms with Gasteiger partial charge in [-0.15, -0.1) is 11.3 Å². The third-order valence-electron chi connectivity index (χ3n) is 3.47. The molecule has 3 nitrogen and oxygen atoms in total. The first kappa shape index (κ1) is 13.1. The lowest BCUT2D eigenvalue weighted by molar-refractivity contribution is -0.116. The number of thiophene rings is 1. The highest BCUT2D eigenvalue weighted by Crippen LogP contribution is 2.34. The van der Waals surface area contributed by atoms with Crippen LogP contribution in [0.3, 0.4) is 0 Å². The molecule has 1 aromatic heterocycles. The molecular formula is C16H16N2OS. The summed E-state index contributed by atoms with van der Waals surface area (Å²) in [6.07, 6.45) is 0.974. The molecule has 4 heteroatoms. The average molecular weight is 284 g/mol. The van der Waals surface area contributed by atoms with Gasteiger partial charge in [-0.3, -0.25) is 9.79 Å². The zero-order valence-electron chi connectivity index (χ0n) is 11.6. The predicted octanol–water partition coefficient (Wildman–Crippen LogP) is 3.12. The van der Waals surface area contributed by atoms with E-state index in [4.69, 9.17) is 0 Å². The van der Waals surface area contributed by atoms with Crippen LogP contribution in [0.2, 0.25) is 0 Å². The van der Waals surface area contributed by atoms with Crippen molar-refractivity contribution in [3.8, 4) is 0 Å². The molecule has 0 fully saturated rings. The fourth-order valence-electron chi connectivity index (χ4n) is 2.32. The van der Waals surface area contributed by atoms with Gasteiger partial charge in [-0.2, -0.15) is 0 Å². The summed E-state index contributed by atoms with van der Waals surface area (Å²) in [6, 6.07) is 12.2. The van der Waals surface area contributed by atoms with E-state index in [2.05, 4.69) is 18.0 Å². The summed E-state index contributed by atoms with van der Waals surface area (Å²) in [5.41, 5.74) is 3.07. The molecule has 0 spiro atoms. The molecule has 1 aliphatic heterocycles.